The van der Waals surface area contributed by atoms with Crippen LogP contribution in [0.15, 0.2) is 54.7 Å². The molecule has 0 amide bonds. The zero-order chi connectivity index (χ0) is 23.8. The highest BCUT2D eigenvalue weighted by atomic mass is 19.1. The molecule has 176 valence electrons. The third kappa shape index (κ3) is 4.37. The van der Waals surface area contributed by atoms with Crippen molar-refractivity contribution in [2.75, 3.05) is 7.11 Å². The molecule has 1 saturated carbocycles. The summed E-state index contributed by atoms with van der Waals surface area (Å²) >= 11 is 0. The molecule has 2 heterocycles. The van der Waals surface area contributed by atoms with E-state index >= 15 is 4.39 Å². The summed E-state index contributed by atoms with van der Waals surface area (Å²) in [6.07, 6.45) is 4.83. The molecule has 6 heteroatoms. The second kappa shape index (κ2) is 9.09. The molecular formula is C28H28FNO4. The third-order valence-corrected chi connectivity index (χ3v) is 7.10. The quantitative estimate of drug-likeness (QED) is 0.455. The number of carbonyl (C=O) groups is 1. The number of nitrogens with zero attached hydrogens (tertiary/aromatic N) is 1. The van der Waals surface area contributed by atoms with E-state index in [1.165, 1.54) is 6.07 Å². The van der Waals surface area contributed by atoms with Crippen LogP contribution in [0, 0.1) is 17.7 Å². The smallest absolute Gasteiger partial charge is 0.306 e. The normalized spacial score (nSPS) is 19.0. The van der Waals surface area contributed by atoms with Crippen LogP contribution in [-0.2, 0) is 11.2 Å². The van der Waals surface area contributed by atoms with Crippen LogP contribution in [0.2, 0.25) is 0 Å². The van der Waals surface area contributed by atoms with Gasteiger partial charge in [0.05, 0.1) is 13.0 Å². The van der Waals surface area contributed by atoms with Gasteiger partial charge >= 0.3 is 5.97 Å². The topological polar surface area (TPSA) is 68.7 Å². The summed E-state index contributed by atoms with van der Waals surface area (Å²) in [6.45, 7) is 1.78. The van der Waals surface area contributed by atoms with Crippen molar-refractivity contribution in [2.24, 2.45) is 11.8 Å². The lowest BCUT2D eigenvalue weighted by Crippen LogP contribution is -2.21. The Kier molecular flexibility index (Phi) is 5.98. The maximum Gasteiger partial charge on any atom is 0.306 e. The Balaban J connectivity index is 1.40. The van der Waals surface area contributed by atoms with E-state index in [1.807, 2.05) is 30.3 Å². The Hall–Kier alpha value is -3.41. The molecule has 2 unspecified atom stereocenters. The molecule has 1 aliphatic heterocycles. The lowest BCUT2D eigenvalue weighted by Gasteiger charge is -2.29. The lowest BCUT2D eigenvalue weighted by atomic mass is 9.82. The number of aromatic nitrogens is 1. The number of hydrogen-bond acceptors (Lipinski definition) is 4. The molecule has 5 rings (SSSR count). The number of hydrogen-bond donors (Lipinski definition) is 1. The maximum atomic E-state index is 15.2. The first-order valence-corrected chi connectivity index (χ1v) is 11.8. The molecule has 0 bridgehead atoms. The molecule has 1 fully saturated rings. The summed E-state index contributed by atoms with van der Waals surface area (Å²) < 4.78 is 26.7. The predicted octanol–water partition coefficient (Wildman–Crippen LogP) is 6.18. The second-order valence-corrected chi connectivity index (χ2v) is 9.33. The molecule has 0 saturated heterocycles. The number of pyridine rings is 1. The van der Waals surface area contributed by atoms with Crippen molar-refractivity contribution < 1.29 is 23.8 Å². The average molecular weight is 462 g/mol. The Morgan fingerprint density at radius 2 is 1.91 bits per heavy atom. The highest BCUT2D eigenvalue weighted by Crippen LogP contribution is 2.48. The van der Waals surface area contributed by atoms with Crippen LogP contribution in [0.1, 0.15) is 54.9 Å². The zero-order valence-electron chi connectivity index (χ0n) is 19.3. The number of carboxylic acid groups (broad SMARTS) is 1. The van der Waals surface area contributed by atoms with E-state index in [-0.39, 0.29) is 17.8 Å². The van der Waals surface area contributed by atoms with E-state index in [2.05, 4.69) is 4.98 Å². The molecule has 34 heavy (non-hydrogen) atoms. The van der Waals surface area contributed by atoms with Crippen molar-refractivity contribution in [1.82, 2.24) is 4.98 Å². The summed E-state index contributed by atoms with van der Waals surface area (Å²) in [5, 5.41) is 9.60. The third-order valence-electron chi connectivity index (χ3n) is 7.10. The van der Waals surface area contributed by atoms with E-state index in [0.29, 0.717) is 23.8 Å². The van der Waals surface area contributed by atoms with Gasteiger partial charge in [0.1, 0.15) is 17.7 Å². The summed E-state index contributed by atoms with van der Waals surface area (Å²) in [7, 11) is 1.55. The highest BCUT2D eigenvalue weighted by molar-refractivity contribution is 5.71. The first-order chi connectivity index (χ1) is 16.4. The molecule has 1 aromatic heterocycles. The van der Waals surface area contributed by atoms with Crippen molar-refractivity contribution in [3.8, 4) is 22.8 Å². The van der Waals surface area contributed by atoms with Gasteiger partial charge in [0, 0.05) is 17.8 Å². The van der Waals surface area contributed by atoms with Gasteiger partial charge in [-0.2, -0.15) is 0 Å². The van der Waals surface area contributed by atoms with Crippen molar-refractivity contribution in [2.45, 2.75) is 44.6 Å². The van der Waals surface area contributed by atoms with Gasteiger partial charge in [-0.1, -0.05) is 31.2 Å². The Labute approximate surface area is 198 Å². The fraction of sp³-hybridized carbons (Fsp3) is 0.357. The minimum absolute atomic E-state index is 0.0276. The highest BCUT2D eigenvalue weighted by Gasteiger charge is 2.39. The first-order valence-electron chi connectivity index (χ1n) is 11.8. The van der Waals surface area contributed by atoms with Gasteiger partial charge in [-0.3, -0.25) is 4.79 Å². The summed E-state index contributed by atoms with van der Waals surface area (Å²) in [5.74, 6) is 0.0453. The number of aliphatic carboxylic acids is 1. The first kappa shape index (κ1) is 22.4. The minimum atomic E-state index is -0.776. The van der Waals surface area contributed by atoms with Gasteiger partial charge in [-0.05, 0) is 78.0 Å². The number of ether oxygens (including phenoxy) is 2. The van der Waals surface area contributed by atoms with Crippen molar-refractivity contribution >= 4 is 5.97 Å². The zero-order valence-corrected chi connectivity index (χ0v) is 19.3. The van der Waals surface area contributed by atoms with Crippen LogP contribution in [0.4, 0.5) is 4.39 Å². The molecule has 2 aromatic carbocycles. The fourth-order valence-electron chi connectivity index (χ4n) is 5.06. The van der Waals surface area contributed by atoms with Crippen LogP contribution in [0.5, 0.6) is 11.6 Å². The van der Waals surface area contributed by atoms with E-state index in [0.717, 1.165) is 47.3 Å². The van der Waals surface area contributed by atoms with E-state index in [4.69, 9.17) is 9.47 Å². The molecule has 0 spiro atoms. The van der Waals surface area contributed by atoms with Crippen LogP contribution in [0.3, 0.4) is 0 Å². The van der Waals surface area contributed by atoms with Crippen molar-refractivity contribution in [1.29, 1.82) is 0 Å². The Morgan fingerprint density at radius 3 is 2.62 bits per heavy atom. The summed E-state index contributed by atoms with van der Waals surface area (Å²) in [5.41, 5.74) is 4.18. The monoisotopic (exact) mass is 461 g/mol. The van der Waals surface area contributed by atoms with Crippen LogP contribution in [0.25, 0.3) is 11.1 Å². The number of rotatable bonds is 7. The molecular weight excluding hydrogens is 433 g/mol. The van der Waals surface area contributed by atoms with Gasteiger partial charge < -0.3 is 14.6 Å². The fourth-order valence-corrected chi connectivity index (χ4v) is 5.06. The van der Waals surface area contributed by atoms with E-state index in [1.54, 1.807) is 32.4 Å². The standard InChI is InChI=1S/C28H28FNO4/c1-16(28(31)32)27(18-4-5-18)21-6-3-17-8-10-24(34-25(17)14-21)22-9-7-19(13-23(22)29)20-11-12-30-26(15-20)33-2/h3,6-7,9,11-16,18,24,27H,4-5,8,10H2,1-2H3,(H,31,32)/t16-,24?,27?/m0/s1. The second-order valence-electron chi connectivity index (χ2n) is 9.33. The SMILES string of the molecule is COc1cc(-c2ccc(C3CCc4ccc(C(C5CC5)[C@H](C)C(=O)O)cc4O3)c(F)c2)ccn1. The maximum absolute atomic E-state index is 15.2. The van der Waals surface area contributed by atoms with Crippen molar-refractivity contribution in [3.05, 3.63) is 77.2 Å². The van der Waals surface area contributed by atoms with Gasteiger partial charge in [0.2, 0.25) is 5.88 Å². The van der Waals surface area contributed by atoms with Gasteiger partial charge in [-0.25, -0.2) is 9.37 Å². The molecule has 3 atom stereocenters. The molecule has 5 nitrogen and oxygen atoms in total. The van der Waals surface area contributed by atoms with E-state index in [9.17, 15) is 9.90 Å². The number of halogens is 1. The predicted molar refractivity (Wildman–Crippen MR) is 127 cm³/mol. The Morgan fingerprint density at radius 1 is 1.12 bits per heavy atom. The number of carboxylic acids is 1. The largest absolute Gasteiger partial charge is 0.485 e. The molecule has 0 radical (unpaired) electrons. The average Bonchev–Trinajstić information content (AvgIpc) is 3.68. The number of benzene rings is 2. The van der Waals surface area contributed by atoms with E-state index < -0.39 is 11.9 Å². The summed E-state index contributed by atoms with van der Waals surface area (Å²) in [4.78, 5) is 15.8. The van der Waals surface area contributed by atoms with Gasteiger partial charge in [0.25, 0.3) is 0 Å². The van der Waals surface area contributed by atoms with Gasteiger partial charge in [0.15, 0.2) is 0 Å². The summed E-state index contributed by atoms with van der Waals surface area (Å²) in [6, 6.07) is 14.9. The van der Waals surface area contributed by atoms with Crippen molar-refractivity contribution in [3.63, 3.8) is 0 Å². The molecule has 1 N–H and O–H groups in total. The number of aryl methyl sites for hydroxylation is 1. The van der Waals surface area contributed by atoms with Crippen LogP contribution < -0.4 is 9.47 Å². The van der Waals surface area contributed by atoms with Crippen LogP contribution >= 0.6 is 0 Å². The molecule has 1 aliphatic carbocycles. The van der Waals surface area contributed by atoms with Crippen LogP contribution in [-0.4, -0.2) is 23.2 Å². The molecule has 2 aliphatic rings. The van der Waals surface area contributed by atoms with Gasteiger partial charge in [-0.15, -0.1) is 0 Å². The number of methoxy groups -OCH3 is 1. The lowest BCUT2D eigenvalue weighted by molar-refractivity contribution is -0.142. The molecule has 3 aromatic rings. The minimum Gasteiger partial charge on any atom is -0.485 e. The number of fused-ring (bicyclic) bond motifs is 1. The Bertz CT molecular complexity index is 1220.